The molecule has 0 spiro atoms. The third kappa shape index (κ3) is 2.73. The van der Waals surface area contributed by atoms with Gasteiger partial charge in [-0.05, 0) is 39.0 Å². The lowest BCUT2D eigenvalue weighted by molar-refractivity contribution is 0.00927. The fourth-order valence-electron chi connectivity index (χ4n) is 2.59. The van der Waals surface area contributed by atoms with Gasteiger partial charge in [-0.2, -0.15) is 0 Å². The Morgan fingerprint density at radius 3 is 2.89 bits per heavy atom. The van der Waals surface area contributed by atoms with Crippen LogP contribution in [0.3, 0.4) is 0 Å². The van der Waals surface area contributed by atoms with Crippen LogP contribution in [0.5, 0.6) is 0 Å². The van der Waals surface area contributed by atoms with Crippen LogP contribution in [0.1, 0.15) is 63.4 Å². The van der Waals surface area contributed by atoms with Gasteiger partial charge in [0.05, 0.1) is 0 Å². The van der Waals surface area contributed by atoms with Crippen LogP contribution >= 0.6 is 0 Å². The predicted octanol–water partition coefficient (Wildman–Crippen LogP) is 3.20. The molecule has 1 aromatic heterocycles. The number of aromatic nitrogens is 2. The van der Waals surface area contributed by atoms with Crippen molar-refractivity contribution in [2.75, 3.05) is 18.5 Å². The molecule has 3 rings (SSSR count). The van der Waals surface area contributed by atoms with E-state index in [4.69, 9.17) is 9.72 Å². The molecule has 2 aliphatic rings. The smallest absolute Gasteiger partial charge is 0.162 e. The summed E-state index contributed by atoms with van der Waals surface area (Å²) >= 11 is 0. The topological polar surface area (TPSA) is 47.0 Å². The zero-order valence-corrected chi connectivity index (χ0v) is 11.9. The van der Waals surface area contributed by atoms with Gasteiger partial charge in [0.2, 0.25) is 0 Å². The number of ether oxygens (including phenoxy) is 1. The van der Waals surface area contributed by atoms with Crippen molar-refractivity contribution in [1.29, 1.82) is 0 Å². The van der Waals surface area contributed by atoms with Crippen molar-refractivity contribution in [3.63, 3.8) is 0 Å². The van der Waals surface area contributed by atoms with Crippen LogP contribution in [0.2, 0.25) is 0 Å². The van der Waals surface area contributed by atoms with E-state index in [2.05, 4.69) is 30.2 Å². The first-order chi connectivity index (χ1) is 9.21. The SMILES string of the molecule is CCCNc1cc(C2CC2)nc(C2(C)CCCO2)n1. The highest BCUT2D eigenvalue weighted by atomic mass is 16.5. The van der Waals surface area contributed by atoms with E-state index in [1.165, 1.54) is 18.5 Å². The molecular formula is C15H23N3O. The average Bonchev–Trinajstić information content (AvgIpc) is 3.18. The van der Waals surface area contributed by atoms with E-state index in [1.807, 2.05) is 0 Å². The molecule has 104 valence electrons. The van der Waals surface area contributed by atoms with E-state index >= 15 is 0 Å². The van der Waals surface area contributed by atoms with E-state index in [0.29, 0.717) is 5.92 Å². The normalized spacial score (nSPS) is 26.6. The summed E-state index contributed by atoms with van der Waals surface area (Å²) in [5.74, 6) is 2.48. The summed E-state index contributed by atoms with van der Waals surface area (Å²) in [5.41, 5.74) is 0.911. The van der Waals surface area contributed by atoms with Gasteiger partial charge in [-0.3, -0.25) is 0 Å². The van der Waals surface area contributed by atoms with Gasteiger partial charge < -0.3 is 10.1 Å². The van der Waals surface area contributed by atoms with Gasteiger partial charge in [-0.15, -0.1) is 0 Å². The van der Waals surface area contributed by atoms with Crippen LogP contribution in [0.15, 0.2) is 6.07 Å². The first-order valence-corrected chi connectivity index (χ1v) is 7.48. The molecule has 1 aromatic rings. The zero-order valence-electron chi connectivity index (χ0n) is 11.9. The van der Waals surface area contributed by atoms with Crippen molar-refractivity contribution < 1.29 is 4.74 Å². The summed E-state index contributed by atoms with van der Waals surface area (Å²) in [5, 5.41) is 3.39. The Bertz CT molecular complexity index is 451. The van der Waals surface area contributed by atoms with Gasteiger partial charge in [0.1, 0.15) is 11.4 Å². The summed E-state index contributed by atoms with van der Waals surface area (Å²) in [6, 6.07) is 2.12. The predicted molar refractivity (Wildman–Crippen MR) is 75.3 cm³/mol. The Labute approximate surface area is 115 Å². The molecule has 0 aromatic carbocycles. The molecule has 1 saturated carbocycles. The lowest BCUT2D eigenvalue weighted by Crippen LogP contribution is -2.24. The summed E-state index contributed by atoms with van der Waals surface area (Å²) in [6.45, 7) is 6.07. The maximum atomic E-state index is 5.89. The minimum Gasteiger partial charge on any atom is -0.370 e. The maximum absolute atomic E-state index is 5.89. The average molecular weight is 261 g/mol. The van der Waals surface area contributed by atoms with Crippen LogP contribution < -0.4 is 5.32 Å². The lowest BCUT2D eigenvalue weighted by atomic mass is 10.0. The second-order valence-corrected chi connectivity index (χ2v) is 5.89. The molecule has 1 aliphatic carbocycles. The highest BCUT2D eigenvalue weighted by molar-refractivity contribution is 5.39. The molecule has 1 atom stereocenters. The second kappa shape index (κ2) is 5.08. The standard InChI is InChI=1S/C15H23N3O/c1-3-8-16-13-10-12(11-5-6-11)17-14(18-13)15(2)7-4-9-19-15/h10-11H,3-9H2,1-2H3,(H,16,17,18). The number of rotatable bonds is 5. The Morgan fingerprint density at radius 2 is 2.26 bits per heavy atom. The number of nitrogens with one attached hydrogen (secondary N) is 1. The van der Waals surface area contributed by atoms with Crippen molar-refractivity contribution in [1.82, 2.24) is 9.97 Å². The molecule has 1 unspecified atom stereocenters. The minimum atomic E-state index is -0.284. The van der Waals surface area contributed by atoms with Crippen molar-refractivity contribution in [3.8, 4) is 0 Å². The summed E-state index contributed by atoms with van der Waals surface area (Å²) < 4.78 is 5.89. The van der Waals surface area contributed by atoms with Crippen LogP contribution in [-0.2, 0) is 10.3 Å². The van der Waals surface area contributed by atoms with E-state index in [1.54, 1.807) is 0 Å². The lowest BCUT2D eigenvalue weighted by Gasteiger charge is -2.22. The van der Waals surface area contributed by atoms with Crippen molar-refractivity contribution in [2.45, 2.75) is 57.5 Å². The van der Waals surface area contributed by atoms with Crippen molar-refractivity contribution in [2.24, 2.45) is 0 Å². The second-order valence-electron chi connectivity index (χ2n) is 5.89. The molecule has 1 N–H and O–H groups in total. The van der Waals surface area contributed by atoms with E-state index in [0.717, 1.165) is 44.1 Å². The van der Waals surface area contributed by atoms with E-state index in [9.17, 15) is 0 Å². The Balaban J connectivity index is 1.91. The number of nitrogens with zero attached hydrogens (tertiary/aromatic N) is 2. The minimum absolute atomic E-state index is 0.284. The Hall–Kier alpha value is -1.16. The molecule has 4 nitrogen and oxygen atoms in total. The summed E-state index contributed by atoms with van der Waals surface area (Å²) in [7, 11) is 0. The first-order valence-electron chi connectivity index (χ1n) is 7.48. The zero-order chi connectivity index (χ0) is 13.3. The molecule has 0 bridgehead atoms. The third-order valence-electron chi connectivity index (χ3n) is 3.99. The third-order valence-corrected chi connectivity index (χ3v) is 3.99. The van der Waals surface area contributed by atoms with Gasteiger partial charge in [-0.25, -0.2) is 9.97 Å². The fourth-order valence-corrected chi connectivity index (χ4v) is 2.59. The quantitative estimate of drug-likeness (QED) is 0.884. The highest BCUT2D eigenvalue weighted by Gasteiger charge is 2.36. The van der Waals surface area contributed by atoms with Gasteiger partial charge >= 0.3 is 0 Å². The largest absolute Gasteiger partial charge is 0.370 e. The van der Waals surface area contributed by atoms with Crippen molar-refractivity contribution >= 4 is 5.82 Å². The summed E-state index contributed by atoms with van der Waals surface area (Å²) in [6.07, 6.45) is 5.76. The van der Waals surface area contributed by atoms with Gasteiger partial charge in [0.15, 0.2) is 5.82 Å². The van der Waals surface area contributed by atoms with Gasteiger partial charge in [-0.1, -0.05) is 6.92 Å². The molecule has 1 saturated heterocycles. The van der Waals surface area contributed by atoms with Crippen LogP contribution in [-0.4, -0.2) is 23.1 Å². The molecule has 0 amide bonds. The Kier molecular flexibility index (Phi) is 3.44. The maximum Gasteiger partial charge on any atom is 0.162 e. The fraction of sp³-hybridized carbons (Fsp3) is 0.733. The van der Waals surface area contributed by atoms with Crippen LogP contribution in [0, 0.1) is 0 Å². The van der Waals surface area contributed by atoms with Crippen LogP contribution in [0.25, 0.3) is 0 Å². The first kappa shape index (κ1) is 12.9. The number of hydrogen-bond acceptors (Lipinski definition) is 4. The van der Waals surface area contributed by atoms with Crippen LogP contribution in [0.4, 0.5) is 5.82 Å². The molecule has 2 fully saturated rings. The van der Waals surface area contributed by atoms with Crippen molar-refractivity contribution in [3.05, 3.63) is 17.6 Å². The molecule has 4 heteroatoms. The molecule has 19 heavy (non-hydrogen) atoms. The monoisotopic (exact) mass is 261 g/mol. The summed E-state index contributed by atoms with van der Waals surface area (Å²) in [4.78, 5) is 9.47. The van der Waals surface area contributed by atoms with Gasteiger partial charge in [0.25, 0.3) is 0 Å². The van der Waals surface area contributed by atoms with E-state index in [-0.39, 0.29) is 5.60 Å². The molecule has 2 heterocycles. The highest BCUT2D eigenvalue weighted by Crippen LogP contribution is 2.41. The number of hydrogen-bond donors (Lipinski definition) is 1. The number of anilines is 1. The molecular weight excluding hydrogens is 238 g/mol. The van der Waals surface area contributed by atoms with Gasteiger partial charge in [0, 0.05) is 30.8 Å². The molecule has 0 radical (unpaired) electrons. The van der Waals surface area contributed by atoms with E-state index < -0.39 is 0 Å². The Morgan fingerprint density at radius 1 is 1.42 bits per heavy atom. The molecule has 1 aliphatic heterocycles.